The highest BCUT2D eigenvalue weighted by atomic mass is 32.1. The first-order chi connectivity index (χ1) is 8.56. The van der Waals surface area contributed by atoms with Crippen molar-refractivity contribution >= 4 is 22.7 Å². The Kier molecular flexibility index (Phi) is 3.87. The Balaban J connectivity index is 2.08. The number of aryl methyl sites for hydroxylation is 2. The number of rotatable bonds is 4. The fourth-order valence-corrected chi connectivity index (χ4v) is 2.61. The van der Waals surface area contributed by atoms with Crippen molar-refractivity contribution in [3.63, 3.8) is 0 Å². The molecule has 0 saturated carbocycles. The monoisotopic (exact) mass is 261 g/mol. The van der Waals surface area contributed by atoms with Crippen molar-refractivity contribution in [3.8, 4) is 0 Å². The molecular weight excluding hydrogens is 242 g/mol. The first-order valence-electron chi connectivity index (χ1n) is 5.99. The maximum Gasteiger partial charge on any atom is 0.0897 e. The fourth-order valence-electron chi connectivity index (χ4n) is 1.88. The van der Waals surface area contributed by atoms with Crippen LogP contribution in [0, 0.1) is 13.8 Å². The summed E-state index contributed by atoms with van der Waals surface area (Å²) in [5.74, 6) is 0. The van der Waals surface area contributed by atoms with Gasteiger partial charge in [0.1, 0.15) is 0 Å². The largest absolute Gasteiger partial charge is 0.380 e. The van der Waals surface area contributed by atoms with E-state index in [4.69, 9.17) is 0 Å². The summed E-state index contributed by atoms with van der Waals surface area (Å²) in [7, 11) is 4.14. The Morgan fingerprint density at radius 2 is 2.06 bits per heavy atom. The highest BCUT2D eigenvalue weighted by Gasteiger charge is 2.03. The molecule has 1 aromatic heterocycles. The van der Waals surface area contributed by atoms with Crippen molar-refractivity contribution in [2.75, 3.05) is 24.3 Å². The number of nitrogens with zero attached hydrogens (tertiary/aromatic N) is 2. The quantitative estimate of drug-likeness (QED) is 0.914. The average Bonchev–Trinajstić information content (AvgIpc) is 2.74. The van der Waals surface area contributed by atoms with Crippen molar-refractivity contribution < 1.29 is 0 Å². The molecule has 0 radical (unpaired) electrons. The van der Waals surface area contributed by atoms with Gasteiger partial charge in [-0.15, -0.1) is 11.3 Å². The van der Waals surface area contributed by atoms with Crippen LogP contribution in [0.3, 0.4) is 0 Å². The van der Waals surface area contributed by atoms with E-state index in [0.717, 1.165) is 17.2 Å². The predicted octanol–water partition coefficient (Wildman–Crippen LogP) is 3.44. The van der Waals surface area contributed by atoms with E-state index in [0.29, 0.717) is 0 Å². The van der Waals surface area contributed by atoms with Crippen LogP contribution in [0.15, 0.2) is 24.4 Å². The summed E-state index contributed by atoms with van der Waals surface area (Å²) in [6, 6.07) is 6.45. The minimum atomic E-state index is 0.835. The SMILES string of the molecule is Cc1ncc(CNc2ccc(C)c(N(C)C)c2)s1. The molecule has 2 aromatic rings. The molecule has 1 aromatic carbocycles. The molecule has 0 aliphatic carbocycles. The third-order valence-electron chi connectivity index (χ3n) is 2.83. The van der Waals surface area contributed by atoms with Gasteiger partial charge in [-0.25, -0.2) is 4.98 Å². The van der Waals surface area contributed by atoms with Gasteiger partial charge in [0.25, 0.3) is 0 Å². The van der Waals surface area contributed by atoms with Crippen molar-refractivity contribution in [2.45, 2.75) is 20.4 Å². The Morgan fingerprint density at radius 3 is 2.67 bits per heavy atom. The van der Waals surface area contributed by atoms with E-state index in [2.05, 4.69) is 54.4 Å². The molecule has 0 bridgehead atoms. The summed E-state index contributed by atoms with van der Waals surface area (Å²) in [6.45, 7) is 5.00. The molecule has 0 spiro atoms. The fraction of sp³-hybridized carbons (Fsp3) is 0.357. The molecule has 0 unspecified atom stereocenters. The van der Waals surface area contributed by atoms with Crippen molar-refractivity contribution in [1.82, 2.24) is 4.98 Å². The number of anilines is 2. The van der Waals surface area contributed by atoms with Gasteiger partial charge < -0.3 is 10.2 Å². The number of benzene rings is 1. The van der Waals surface area contributed by atoms with Gasteiger partial charge in [0, 0.05) is 36.5 Å². The molecule has 2 rings (SSSR count). The van der Waals surface area contributed by atoms with E-state index in [1.807, 2.05) is 13.1 Å². The lowest BCUT2D eigenvalue weighted by atomic mass is 10.1. The zero-order valence-corrected chi connectivity index (χ0v) is 12.1. The lowest BCUT2D eigenvalue weighted by Crippen LogP contribution is -2.10. The van der Waals surface area contributed by atoms with Gasteiger partial charge in [-0.1, -0.05) is 6.07 Å². The van der Waals surface area contributed by atoms with Crippen LogP contribution < -0.4 is 10.2 Å². The van der Waals surface area contributed by atoms with Gasteiger partial charge >= 0.3 is 0 Å². The predicted molar refractivity (Wildman–Crippen MR) is 79.7 cm³/mol. The summed E-state index contributed by atoms with van der Waals surface area (Å²) in [5, 5.41) is 4.56. The van der Waals surface area contributed by atoms with Crippen LogP contribution in [0.1, 0.15) is 15.4 Å². The van der Waals surface area contributed by atoms with Crippen LogP contribution in [0.2, 0.25) is 0 Å². The maximum absolute atomic E-state index is 4.26. The molecule has 0 aliphatic rings. The third kappa shape index (κ3) is 3.01. The lowest BCUT2D eigenvalue weighted by Gasteiger charge is -2.17. The molecular formula is C14H19N3S. The van der Waals surface area contributed by atoms with Crippen LogP contribution in [0.25, 0.3) is 0 Å². The van der Waals surface area contributed by atoms with Crippen LogP contribution in [-0.2, 0) is 6.54 Å². The minimum absolute atomic E-state index is 0.835. The molecule has 0 saturated heterocycles. The third-order valence-corrected chi connectivity index (χ3v) is 3.74. The van der Waals surface area contributed by atoms with E-state index in [1.54, 1.807) is 11.3 Å². The summed E-state index contributed by atoms with van der Waals surface area (Å²) in [6.07, 6.45) is 1.94. The smallest absolute Gasteiger partial charge is 0.0897 e. The minimum Gasteiger partial charge on any atom is -0.380 e. The van der Waals surface area contributed by atoms with Gasteiger partial charge in [0.05, 0.1) is 11.6 Å². The Morgan fingerprint density at radius 1 is 1.28 bits per heavy atom. The number of nitrogens with one attached hydrogen (secondary N) is 1. The van der Waals surface area contributed by atoms with E-state index >= 15 is 0 Å². The number of aromatic nitrogens is 1. The van der Waals surface area contributed by atoms with Crippen LogP contribution in [0.5, 0.6) is 0 Å². The summed E-state index contributed by atoms with van der Waals surface area (Å²) in [5.41, 5.74) is 3.69. The van der Waals surface area contributed by atoms with E-state index in [9.17, 15) is 0 Å². The van der Waals surface area contributed by atoms with Crippen LogP contribution >= 0.6 is 11.3 Å². The second kappa shape index (κ2) is 5.40. The molecule has 3 nitrogen and oxygen atoms in total. The zero-order chi connectivity index (χ0) is 13.1. The number of hydrogen-bond acceptors (Lipinski definition) is 4. The number of thiazole rings is 1. The maximum atomic E-state index is 4.26. The van der Waals surface area contributed by atoms with Crippen molar-refractivity contribution in [2.24, 2.45) is 0 Å². The second-order valence-corrected chi connectivity index (χ2v) is 5.91. The number of hydrogen-bond donors (Lipinski definition) is 1. The summed E-state index contributed by atoms with van der Waals surface area (Å²) >= 11 is 1.74. The molecule has 0 amide bonds. The van der Waals surface area contributed by atoms with Gasteiger partial charge in [0.15, 0.2) is 0 Å². The average molecular weight is 261 g/mol. The van der Waals surface area contributed by atoms with Crippen LogP contribution in [0.4, 0.5) is 11.4 Å². The first kappa shape index (κ1) is 12.9. The Hall–Kier alpha value is -1.55. The molecule has 0 atom stereocenters. The summed E-state index contributed by atoms with van der Waals surface area (Å²) < 4.78 is 0. The normalized spacial score (nSPS) is 10.4. The molecule has 18 heavy (non-hydrogen) atoms. The molecule has 0 fully saturated rings. The summed E-state index contributed by atoms with van der Waals surface area (Å²) in [4.78, 5) is 7.66. The standard InChI is InChI=1S/C14H19N3S/c1-10-5-6-12(7-14(10)17(3)4)16-9-13-8-15-11(2)18-13/h5-8,16H,9H2,1-4H3. The van der Waals surface area contributed by atoms with E-state index in [-0.39, 0.29) is 0 Å². The Labute approximate surface area is 112 Å². The molecule has 1 N–H and O–H groups in total. The highest BCUT2D eigenvalue weighted by molar-refractivity contribution is 7.11. The molecule has 0 aliphatic heterocycles. The van der Waals surface area contributed by atoms with Crippen molar-refractivity contribution in [3.05, 3.63) is 39.8 Å². The molecule has 1 heterocycles. The van der Waals surface area contributed by atoms with Gasteiger partial charge in [0.2, 0.25) is 0 Å². The Bertz CT molecular complexity index is 532. The highest BCUT2D eigenvalue weighted by Crippen LogP contribution is 2.23. The topological polar surface area (TPSA) is 28.2 Å². The van der Waals surface area contributed by atoms with E-state index < -0.39 is 0 Å². The van der Waals surface area contributed by atoms with Gasteiger partial charge in [-0.2, -0.15) is 0 Å². The molecule has 4 heteroatoms. The second-order valence-electron chi connectivity index (χ2n) is 4.59. The molecule has 96 valence electrons. The van der Waals surface area contributed by atoms with Crippen molar-refractivity contribution in [1.29, 1.82) is 0 Å². The first-order valence-corrected chi connectivity index (χ1v) is 6.81. The van der Waals surface area contributed by atoms with Crippen LogP contribution in [-0.4, -0.2) is 19.1 Å². The van der Waals surface area contributed by atoms with E-state index in [1.165, 1.54) is 16.1 Å². The lowest BCUT2D eigenvalue weighted by molar-refractivity contribution is 1.11. The van der Waals surface area contributed by atoms with Gasteiger partial charge in [-0.3, -0.25) is 0 Å². The van der Waals surface area contributed by atoms with Gasteiger partial charge in [-0.05, 0) is 31.5 Å². The zero-order valence-electron chi connectivity index (χ0n) is 11.3.